The number of carbonyl (C=O) groups is 1. The summed E-state index contributed by atoms with van der Waals surface area (Å²) in [5, 5.41) is 3.43. The van der Waals surface area contributed by atoms with Crippen molar-refractivity contribution in [2.75, 3.05) is 20.2 Å². The van der Waals surface area contributed by atoms with Crippen LogP contribution >= 0.6 is 0 Å². The molecule has 1 aliphatic rings. The predicted octanol–water partition coefficient (Wildman–Crippen LogP) is 2.65. The Hall–Kier alpha value is -1.35. The largest absolute Gasteiger partial charge is 0.469 e. The third-order valence-electron chi connectivity index (χ3n) is 4.14. The first kappa shape index (κ1) is 14.1. The normalized spacial score (nSPS) is 17.3. The molecule has 0 unspecified atom stereocenters. The maximum absolute atomic E-state index is 11.1. The number of hydrogen-bond donors (Lipinski definition) is 1. The lowest BCUT2D eigenvalue weighted by Crippen LogP contribution is -2.36. The molecule has 1 aliphatic carbocycles. The van der Waals surface area contributed by atoms with Crippen LogP contribution in [0.1, 0.15) is 37.7 Å². The highest BCUT2D eigenvalue weighted by Crippen LogP contribution is 2.40. The molecule has 0 saturated heterocycles. The van der Waals surface area contributed by atoms with E-state index in [-0.39, 0.29) is 11.4 Å². The van der Waals surface area contributed by atoms with Gasteiger partial charge in [-0.25, -0.2) is 0 Å². The van der Waals surface area contributed by atoms with E-state index < -0.39 is 0 Å². The first-order valence-corrected chi connectivity index (χ1v) is 7.10. The Kier molecular flexibility index (Phi) is 4.97. The third-order valence-corrected chi connectivity index (χ3v) is 4.14. The van der Waals surface area contributed by atoms with Crippen molar-refractivity contribution in [3.8, 4) is 0 Å². The topological polar surface area (TPSA) is 38.3 Å². The van der Waals surface area contributed by atoms with Gasteiger partial charge in [0.25, 0.3) is 0 Å². The zero-order valence-corrected chi connectivity index (χ0v) is 11.7. The molecule has 3 heteroatoms. The molecule has 0 bridgehead atoms. The second kappa shape index (κ2) is 6.71. The Morgan fingerprint density at radius 1 is 1.26 bits per heavy atom. The summed E-state index contributed by atoms with van der Waals surface area (Å²) in [6.45, 7) is 1.65. The molecular weight excluding hydrogens is 238 g/mol. The molecule has 0 heterocycles. The first-order chi connectivity index (χ1) is 9.27. The number of nitrogens with one attached hydrogen (secondary N) is 1. The number of rotatable bonds is 6. The lowest BCUT2D eigenvalue weighted by atomic mass is 9.79. The lowest BCUT2D eigenvalue weighted by Gasteiger charge is -2.30. The Labute approximate surface area is 115 Å². The van der Waals surface area contributed by atoms with Gasteiger partial charge in [0.1, 0.15) is 0 Å². The molecule has 0 radical (unpaired) electrons. The average Bonchev–Trinajstić information content (AvgIpc) is 2.94. The van der Waals surface area contributed by atoms with Gasteiger partial charge in [-0.15, -0.1) is 0 Å². The summed E-state index contributed by atoms with van der Waals surface area (Å²) < 4.78 is 4.65. The zero-order chi connectivity index (χ0) is 13.6. The molecule has 2 rings (SSSR count). The standard InChI is InChI=1S/C16H23NO2/c1-19-15(18)9-12-17-13-16(10-5-6-11-16)14-7-3-2-4-8-14/h2-4,7-8,17H,5-6,9-13H2,1H3. The van der Waals surface area contributed by atoms with Gasteiger partial charge in [-0.1, -0.05) is 43.2 Å². The van der Waals surface area contributed by atoms with Crippen molar-refractivity contribution in [3.63, 3.8) is 0 Å². The summed E-state index contributed by atoms with van der Waals surface area (Å²) in [5.74, 6) is -0.146. The maximum atomic E-state index is 11.1. The smallest absolute Gasteiger partial charge is 0.306 e. The molecule has 0 amide bonds. The Bertz CT molecular complexity index is 396. The van der Waals surface area contributed by atoms with Crippen LogP contribution in [0.15, 0.2) is 30.3 Å². The highest BCUT2D eigenvalue weighted by molar-refractivity contribution is 5.69. The first-order valence-electron chi connectivity index (χ1n) is 7.10. The lowest BCUT2D eigenvalue weighted by molar-refractivity contribution is -0.140. The Morgan fingerprint density at radius 2 is 1.95 bits per heavy atom. The highest BCUT2D eigenvalue weighted by Gasteiger charge is 2.34. The number of esters is 1. The van der Waals surface area contributed by atoms with Crippen molar-refractivity contribution in [2.45, 2.75) is 37.5 Å². The van der Waals surface area contributed by atoms with Crippen LogP contribution < -0.4 is 5.32 Å². The number of carbonyl (C=O) groups excluding carboxylic acids is 1. The summed E-state index contributed by atoms with van der Waals surface area (Å²) >= 11 is 0. The zero-order valence-electron chi connectivity index (χ0n) is 11.7. The van der Waals surface area contributed by atoms with Gasteiger partial charge in [0, 0.05) is 18.5 Å². The molecular formula is C16H23NO2. The van der Waals surface area contributed by atoms with Crippen LogP contribution in [0.25, 0.3) is 0 Å². The van der Waals surface area contributed by atoms with E-state index in [1.54, 1.807) is 0 Å². The van der Waals surface area contributed by atoms with Gasteiger partial charge in [0.15, 0.2) is 0 Å². The molecule has 1 N–H and O–H groups in total. The Balaban J connectivity index is 1.92. The summed E-state index contributed by atoms with van der Waals surface area (Å²) in [4.78, 5) is 11.1. The monoisotopic (exact) mass is 261 g/mol. The summed E-state index contributed by atoms with van der Waals surface area (Å²) in [6.07, 6.45) is 5.52. The van der Waals surface area contributed by atoms with Crippen LogP contribution in [-0.2, 0) is 14.9 Å². The molecule has 0 aliphatic heterocycles. The molecule has 104 valence electrons. The fourth-order valence-electron chi connectivity index (χ4n) is 3.03. The van der Waals surface area contributed by atoms with Crippen molar-refractivity contribution >= 4 is 5.97 Å². The molecule has 1 aromatic rings. The van der Waals surface area contributed by atoms with Gasteiger partial charge in [0.05, 0.1) is 13.5 Å². The van der Waals surface area contributed by atoms with Crippen LogP contribution in [0.4, 0.5) is 0 Å². The van der Waals surface area contributed by atoms with Crippen molar-refractivity contribution in [2.24, 2.45) is 0 Å². The van der Waals surface area contributed by atoms with Crippen LogP contribution in [-0.4, -0.2) is 26.2 Å². The fourth-order valence-corrected chi connectivity index (χ4v) is 3.03. The molecule has 1 aromatic carbocycles. The van der Waals surface area contributed by atoms with Gasteiger partial charge >= 0.3 is 5.97 Å². The molecule has 0 spiro atoms. The minimum absolute atomic E-state index is 0.146. The van der Waals surface area contributed by atoms with E-state index in [1.807, 2.05) is 0 Å². The SMILES string of the molecule is COC(=O)CCNCC1(c2ccccc2)CCCC1. The molecule has 19 heavy (non-hydrogen) atoms. The van der Waals surface area contributed by atoms with Gasteiger partial charge in [0.2, 0.25) is 0 Å². The van der Waals surface area contributed by atoms with E-state index in [2.05, 4.69) is 40.4 Å². The minimum Gasteiger partial charge on any atom is -0.469 e. The summed E-state index contributed by atoms with van der Waals surface area (Å²) in [5.41, 5.74) is 1.69. The summed E-state index contributed by atoms with van der Waals surface area (Å²) in [6, 6.07) is 10.8. The quantitative estimate of drug-likeness (QED) is 0.632. The number of benzene rings is 1. The van der Waals surface area contributed by atoms with Crippen molar-refractivity contribution in [3.05, 3.63) is 35.9 Å². The fraction of sp³-hybridized carbons (Fsp3) is 0.562. The number of ether oxygens (including phenoxy) is 1. The van der Waals surface area contributed by atoms with Crippen molar-refractivity contribution in [1.29, 1.82) is 0 Å². The molecule has 1 saturated carbocycles. The number of methoxy groups -OCH3 is 1. The molecule has 1 fully saturated rings. The van der Waals surface area contributed by atoms with E-state index in [0.717, 1.165) is 6.54 Å². The van der Waals surface area contributed by atoms with E-state index >= 15 is 0 Å². The van der Waals surface area contributed by atoms with Gasteiger partial charge in [-0.05, 0) is 18.4 Å². The van der Waals surface area contributed by atoms with Gasteiger partial charge in [-0.2, -0.15) is 0 Å². The third kappa shape index (κ3) is 3.57. The molecule has 0 atom stereocenters. The minimum atomic E-state index is -0.146. The second-order valence-corrected chi connectivity index (χ2v) is 5.36. The van der Waals surface area contributed by atoms with E-state index in [4.69, 9.17) is 0 Å². The Morgan fingerprint density at radius 3 is 2.58 bits per heavy atom. The number of hydrogen-bond acceptors (Lipinski definition) is 3. The van der Waals surface area contributed by atoms with Crippen molar-refractivity contribution < 1.29 is 9.53 Å². The van der Waals surface area contributed by atoms with Crippen LogP contribution in [0.2, 0.25) is 0 Å². The predicted molar refractivity (Wildman–Crippen MR) is 76.1 cm³/mol. The maximum Gasteiger partial charge on any atom is 0.306 e. The van der Waals surface area contributed by atoms with Gasteiger partial charge in [-0.3, -0.25) is 4.79 Å². The molecule has 0 aromatic heterocycles. The average molecular weight is 261 g/mol. The van der Waals surface area contributed by atoms with E-state index in [0.29, 0.717) is 13.0 Å². The molecule has 3 nitrogen and oxygen atoms in total. The highest BCUT2D eigenvalue weighted by atomic mass is 16.5. The van der Waals surface area contributed by atoms with E-state index in [9.17, 15) is 4.79 Å². The van der Waals surface area contributed by atoms with Crippen LogP contribution in [0.3, 0.4) is 0 Å². The summed E-state index contributed by atoms with van der Waals surface area (Å²) in [7, 11) is 1.44. The van der Waals surface area contributed by atoms with Gasteiger partial charge < -0.3 is 10.1 Å². The van der Waals surface area contributed by atoms with Crippen LogP contribution in [0.5, 0.6) is 0 Å². The van der Waals surface area contributed by atoms with Crippen LogP contribution in [0, 0.1) is 0 Å². The second-order valence-electron chi connectivity index (χ2n) is 5.36. The van der Waals surface area contributed by atoms with E-state index in [1.165, 1.54) is 38.4 Å². The van der Waals surface area contributed by atoms with Crippen molar-refractivity contribution in [1.82, 2.24) is 5.32 Å².